The van der Waals surface area contributed by atoms with Gasteiger partial charge in [-0.1, -0.05) is 18.2 Å². The Morgan fingerprint density at radius 2 is 0.515 bits per heavy atom. The van der Waals surface area contributed by atoms with Crippen molar-refractivity contribution in [1.29, 1.82) is 0 Å². The van der Waals surface area contributed by atoms with Crippen molar-refractivity contribution in [2.45, 2.75) is 159 Å². The zero-order chi connectivity index (χ0) is 72.2. The number of aryl methyl sites for hydroxylation is 20. The first-order valence-corrected chi connectivity index (χ1v) is 31.8. The molecule has 21 heteroatoms. The molecule has 0 atom stereocenters. The summed E-state index contributed by atoms with van der Waals surface area (Å²) in [5.41, 5.74) is 35.4. The van der Waals surface area contributed by atoms with E-state index in [4.69, 9.17) is 0 Å². The minimum absolute atomic E-state index is 0.298. The Morgan fingerprint density at radius 3 is 0.763 bits per heavy atom. The largest absolute Gasteiger partial charge is 0.507 e. The van der Waals surface area contributed by atoms with Crippen LogP contribution < -0.4 is 21.7 Å². The van der Waals surface area contributed by atoms with Crippen LogP contribution in [0.2, 0.25) is 0 Å². The third kappa shape index (κ3) is 18.9. The van der Waals surface area contributed by atoms with Crippen molar-refractivity contribution in [3.63, 3.8) is 0 Å². The molecule has 0 fully saturated rings. The van der Waals surface area contributed by atoms with Crippen molar-refractivity contribution in [2.75, 3.05) is 21.7 Å². The Hall–Kier alpha value is -11.1. The number of aromatic hydroxyl groups is 3. The molecule has 0 saturated carbocycles. The number of amides is 4. The van der Waals surface area contributed by atoms with Crippen molar-refractivity contribution < 1.29 is 34.5 Å². The van der Waals surface area contributed by atoms with Gasteiger partial charge in [-0.25, -0.2) is 14.0 Å². The van der Waals surface area contributed by atoms with Gasteiger partial charge in [0, 0.05) is 96.4 Å². The third-order valence-electron chi connectivity index (χ3n) is 16.7. The second-order valence-electron chi connectivity index (χ2n) is 25.0. The second-order valence-corrected chi connectivity index (χ2v) is 25.0. The fourth-order valence-electron chi connectivity index (χ4n) is 10.9. The van der Waals surface area contributed by atoms with Gasteiger partial charge in [-0.3, -0.25) is 59.6 Å². The van der Waals surface area contributed by atoms with Gasteiger partial charge in [0.05, 0.1) is 18.6 Å². The Kier molecular flexibility index (Phi) is 25.0. The molecule has 0 bridgehead atoms. The molecule has 21 nitrogen and oxygen atoms in total. The van der Waals surface area contributed by atoms with Gasteiger partial charge >= 0.3 is 23.6 Å². The Labute approximate surface area is 570 Å². The predicted molar refractivity (Wildman–Crippen MR) is 391 cm³/mol. The van der Waals surface area contributed by atoms with Crippen molar-refractivity contribution in [2.24, 2.45) is 15.3 Å². The molecule has 97 heavy (non-hydrogen) atoms. The maximum Gasteiger partial charge on any atom is 0.329 e. The molecule has 0 radical (unpaired) electrons. The van der Waals surface area contributed by atoms with E-state index in [-0.39, 0.29) is 0 Å². The van der Waals surface area contributed by atoms with E-state index in [1.807, 2.05) is 263 Å². The van der Waals surface area contributed by atoms with Gasteiger partial charge < -0.3 is 15.3 Å². The highest BCUT2D eigenvalue weighted by Crippen LogP contribution is 2.26. The minimum atomic E-state index is -0.708. The van der Waals surface area contributed by atoms with Crippen molar-refractivity contribution in [1.82, 2.24) is 32.7 Å². The van der Waals surface area contributed by atoms with E-state index in [0.717, 1.165) is 141 Å². The molecule has 4 amide bonds. The van der Waals surface area contributed by atoms with E-state index in [9.17, 15) is 34.5 Å². The molecule has 7 heterocycles. The van der Waals surface area contributed by atoms with Gasteiger partial charge in [-0.15, -0.1) is 0 Å². The number of phenols is 3. The molecule has 3 aromatic carbocycles. The number of phenolic OH excluding ortho intramolecular Hbond substituents is 3. The number of rotatable bonds is 10. The molecule has 0 spiro atoms. The van der Waals surface area contributed by atoms with E-state index in [1.54, 1.807) is 37.3 Å². The first-order valence-electron chi connectivity index (χ1n) is 31.8. The van der Waals surface area contributed by atoms with Crippen LogP contribution in [0.5, 0.6) is 17.2 Å². The molecule has 0 aliphatic rings. The maximum absolute atomic E-state index is 12.1. The third-order valence-corrected chi connectivity index (χ3v) is 16.7. The van der Waals surface area contributed by atoms with E-state index in [2.05, 4.69) is 50.0 Å². The van der Waals surface area contributed by atoms with Crippen LogP contribution in [0.1, 0.15) is 146 Å². The molecule has 7 aromatic heterocycles. The highest BCUT2D eigenvalue weighted by Gasteiger charge is 2.20. The van der Waals surface area contributed by atoms with Crippen LogP contribution in [-0.4, -0.2) is 90.3 Å². The fourth-order valence-corrected chi connectivity index (χ4v) is 10.9. The highest BCUT2D eigenvalue weighted by atomic mass is 16.3. The topological polar surface area (TPSA) is 249 Å². The standard InChI is InChI=1S/C16H22N4O2.C16H20N2O.2C15H18N2O.C14H18N4O2/c1-9-7-11(3)19(13(9)5)17-15(21)16(22)18-20-12(4)8-10(2)14(20)6;1-10-6-12(3)16(19)15(7-10)9-17-18-13(4)8-11(2)14(18)5;2*1-10-7-11(2)15(18)14(8-10)9-16-17-12(3)5-6-13(17)4;1-9-5-6-10(2)17(9)15-13(19)14(20)16-18-11(3)7-8-12(18)4/h7-8H,1-6H3,(H,17,21)(H,18,22);6-9,19H,1-5H3;2*5-9,18H,1-4H3;5-8H,1-4H3,(H,15,19)(H,16,20)/b;17-9+;2*16-9+;. The maximum atomic E-state index is 12.1. The first kappa shape index (κ1) is 74.9. The highest BCUT2D eigenvalue weighted by molar-refractivity contribution is 6.41. The molecule has 7 N–H and O–H groups in total. The van der Waals surface area contributed by atoms with Crippen molar-refractivity contribution >= 4 is 42.3 Å². The number of nitrogens with one attached hydrogen (secondary N) is 4. The fraction of sp³-hybridized carbons (Fsp3) is 0.303. The molecule has 10 rings (SSSR count). The Morgan fingerprint density at radius 1 is 0.278 bits per heavy atom. The van der Waals surface area contributed by atoms with E-state index in [1.165, 1.54) is 5.56 Å². The van der Waals surface area contributed by atoms with Crippen LogP contribution in [0.4, 0.5) is 0 Å². The number of nitrogens with zero attached hydrogens (tertiary/aromatic N) is 10. The van der Waals surface area contributed by atoms with Gasteiger partial charge in [-0.05, 0) is 294 Å². The lowest BCUT2D eigenvalue weighted by atomic mass is 10.1. The van der Waals surface area contributed by atoms with Crippen LogP contribution >= 0.6 is 0 Å². The average Bonchev–Trinajstić information content (AvgIpc) is 1.80. The predicted octanol–water partition coefficient (Wildman–Crippen LogP) is 13.6. The molecule has 0 unspecified atom stereocenters. The second kappa shape index (κ2) is 32.4. The quantitative estimate of drug-likeness (QED) is 0.0515. The smallest absolute Gasteiger partial charge is 0.329 e. The summed E-state index contributed by atoms with van der Waals surface area (Å²) in [6.07, 6.45) is 5.12. The lowest BCUT2D eigenvalue weighted by Gasteiger charge is -2.14. The zero-order valence-corrected chi connectivity index (χ0v) is 60.5. The van der Waals surface area contributed by atoms with E-state index < -0.39 is 23.6 Å². The molecule has 0 aliphatic carbocycles. The summed E-state index contributed by atoms with van der Waals surface area (Å²) in [7, 11) is 0. The monoisotopic (exact) mass is 1320 g/mol. The van der Waals surface area contributed by atoms with Crippen LogP contribution in [0.3, 0.4) is 0 Å². The summed E-state index contributed by atoms with van der Waals surface area (Å²) < 4.78 is 12.0. The number of carbonyl (C=O) groups is 4. The summed E-state index contributed by atoms with van der Waals surface area (Å²) in [5.74, 6) is -1.93. The molecule has 512 valence electrons. The van der Waals surface area contributed by atoms with E-state index >= 15 is 0 Å². The van der Waals surface area contributed by atoms with Gasteiger partial charge in [-0.2, -0.15) is 15.3 Å². The number of carbonyl (C=O) groups excluding carboxylic acids is 4. The van der Waals surface area contributed by atoms with Gasteiger partial charge in [0.1, 0.15) is 17.2 Å². The molecule has 0 aliphatic heterocycles. The average molecular weight is 1320 g/mol. The van der Waals surface area contributed by atoms with Gasteiger partial charge in [0.15, 0.2) is 0 Å². The summed E-state index contributed by atoms with van der Waals surface area (Å²) >= 11 is 0. The lowest BCUT2D eigenvalue weighted by Crippen LogP contribution is -2.38. The molecular formula is C76H96N14O7. The van der Waals surface area contributed by atoms with Crippen LogP contribution in [0, 0.1) is 159 Å². The number of benzene rings is 3. The van der Waals surface area contributed by atoms with Gasteiger partial charge in [0.25, 0.3) is 0 Å². The van der Waals surface area contributed by atoms with Crippen LogP contribution in [-0.2, 0) is 19.2 Å². The summed E-state index contributed by atoms with van der Waals surface area (Å²) in [4.78, 5) is 48.0. The minimum Gasteiger partial charge on any atom is -0.507 e. The van der Waals surface area contributed by atoms with Crippen LogP contribution in [0.25, 0.3) is 0 Å². The number of aromatic nitrogens is 7. The van der Waals surface area contributed by atoms with E-state index in [0.29, 0.717) is 17.2 Å². The zero-order valence-electron chi connectivity index (χ0n) is 60.5. The normalized spacial score (nSPS) is 11.0. The van der Waals surface area contributed by atoms with Crippen molar-refractivity contribution in [3.05, 3.63) is 250 Å². The molecule has 10 aromatic rings. The van der Waals surface area contributed by atoms with Crippen molar-refractivity contribution in [3.8, 4) is 17.2 Å². The van der Waals surface area contributed by atoms with Gasteiger partial charge in [0.2, 0.25) is 0 Å². The number of hydrogen-bond acceptors (Lipinski definition) is 10. The Balaban J connectivity index is 0.000000192. The molecule has 0 saturated heterocycles. The Bertz CT molecular complexity index is 4330. The number of hydrogen-bond donors (Lipinski definition) is 7. The van der Waals surface area contributed by atoms with Crippen LogP contribution in [0.15, 0.2) is 118 Å². The lowest BCUT2D eigenvalue weighted by molar-refractivity contribution is -0.134. The first-order chi connectivity index (χ1) is 45.5. The summed E-state index contributed by atoms with van der Waals surface area (Å²) in [5, 5.41) is 43.3. The SMILES string of the molecule is Cc1cc(C)c(O)c(/C=N/n2c(C)cc(C)c2C)c1.Cc1cc(C)c(O)c(/C=N/n2c(C)ccc2C)c1.Cc1cc(C)c(O)c(/C=N/n2c(C)ccc2C)c1.Cc1cc(C)n(NC(=O)C(=O)Nn2c(C)cc(C)c2C)c1C.Cc1ccc(C)n1NC(=O)C(=O)Nn1c(C)ccc1C. The molecular weight excluding hydrogens is 1220 g/mol. The summed E-state index contributed by atoms with van der Waals surface area (Å²) in [6, 6.07) is 33.3. The summed E-state index contributed by atoms with van der Waals surface area (Å²) in [6.45, 7) is 44.8.